The molecule has 2 heterocycles. The van der Waals surface area contributed by atoms with E-state index < -0.39 is 0 Å². The molecule has 3 aromatic rings. The first kappa shape index (κ1) is 18.7. The number of para-hydroxylation sites is 1. The van der Waals surface area contributed by atoms with E-state index in [0.717, 1.165) is 61.4 Å². The van der Waals surface area contributed by atoms with E-state index in [0.29, 0.717) is 13.1 Å². The van der Waals surface area contributed by atoms with Gasteiger partial charge < -0.3 is 14.6 Å². The maximum absolute atomic E-state index is 12.6. The number of carbonyl (C=O) groups excluding carboxylic acids is 1. The van der Waals surface area contributed by atoms with Crippen LogP contribution in [-0.2, 0) is 16.1 Å². The van der Waals surface area contributed by atoms with Crippen molar-refractivity contribution in [3.63, 3.8) is 0 Å². The fourth-order valence-corrected chi connectivity index (χ4v) is 3.78. The Morgan fingerprint density at radius 3 is 2.57 bits per heavy atom. The van der Waals surface area contributed by atoms with Crippen molar-refractivity contribution in [1.82, 2.24) is 14.8 Å². The van der Waals surface area contributed by atoms with E-state index >= 15 is 0 Å². The molecule has 146 valence electrons. The fraction of sp³-hybridized carbons (Fsp3) is 0.348. The smallest absolute Gasteiger partial charge is 0.239 e. The zero-order valence-electron chi connectivity index (χ0n) is 16.1. The minimum atomic E-state index is 0.0560. The number of morpholine rings is 1. The Bertz CT molecular complexity index is 914. The van der Waals surface area contributed by atoms with E-state index in [1.807, 2.05) is 30.3 Å². The lowest BCUT2D eigenvalue weighted by atomic mass is 10.1. The van der Waals surface area contributed by atoms with Crippen molar-refractivity contribution in [3.8, 4) is 11.3 Å². The molecule has 28 heavy (non-hydrogen) atoms. The Morgan fingerprint density at radius 1 is 1.00 bits per heavy atom. The van der Waals surface area contributed by atoms with Gasteiger partial charge in [-0.25, -0.2) is 0 Å². The van der Waals surface area contributed by atoms with Crippen molar-refractivity contribution in [2.45, 2.75) is 13.0 Å². The summed E-state index contributed by atoms with van der Waals surface area (Å²) in [7, 11) is 0. The number of benzene rings is 2. The third kappa shape index (κ3) is 4.43. The number of aromatic nitrogens is 1. The van der Waals surface area contributed by atoms with Gasteiger partial charge >= 0.3 is 0 Å². The molecule has 1 aliphatic heterocycles. The highest BCUT2D eigenvalue weighted by Gasteiger charge is 2.14. The largest absolute Gasteiger partial charge is 0.379 e. The van der Waals surface area contributed by atoms with E-state index in [9.17, 15) is 4.79 Å². The Morgan fingerprint density at radius 2 is 1.75 bits per heavy atom. The van der Waals surface area contributed by atoms with Gasteiger partial charge in [0.2, 0.25) is 5.91 Å². The predicted octanol–water partition coefficient (Wildman–Crippen LogP) is 3.15. The van der Waals surface area contributed by atoms with E-state index in [1.165, 1.54) is 0 Å². The summed E-state index contributed by atoms with van der Waals surface area (Å²) in [5, 5.41) is 4.24. The molecule has 5 nitrogen and oxygen atoms in total. The van der Waals surface area contributed by atoms with Crippen LogP contribution in [0.4, 0.5) is 0 Å². The third-order valence-corrected chi connectivity index (χ3v) is 5.26. The summed E-state index contributed by atoms with van der Waals surface area (Å²) in [6, 6.07) is 20.6. The highest BCUT2D eigenvalue weighted by molar-refractivity contribution is 5.89. The summed E-state index contributed by atoms with van der Waals surface area (Å²) in [6.45, 7) is 5.65. The number of hydrogen-bond donors (Lipinski definition) is 1. The molecular formula is C23H27N3O2. The molecule has 1 aliphatic rings. The number of nitrogens with zero attached hydrogens (tertiary/aromatic N) is 2. The summed E-state index contributed by atoms with van der Waals surface area (Å²) >= 11 is 0. The van der Waals surface area contributed by atoms with Gasteiger partial charge in [0, 0.05) is 36.2 Å². The second-order valence-electron chi connectivity index (χ2n) is 7.20. The monoisotopic (exact) mass is 377 g/mol. The van der Waals surface area contributed by atoms with Crippen LogP contribution >= 0.6 is 0 Å². The third-order valence-electron chi connectivity index (χ3n) is 5.26. The normalized spacial score (nSPS) is 15.0. The van der Waals surface area contributed by atoms with Gasteiger partial charge in [-0.15, -0.1) is 0 Å². The molecule has 1 aromatic heterocycles. The van der Waals surface area contributed by atoms with Gasteiger partial charge in [-0.3, -0.25) is 9.69 Å². The minimum absolute atomic E-state index is 0.0560. The van der Waals surface area contributed by atoms with Gasteiger partial charge in [-0.1, -0.05) is 48.5 Å². The van der Waals surface area contributed by atoms with Gasteiger partial charge in [0.05, 0.1) is 13.2 Å². The molecule has 1 saturated heterocycles. The molecule has 1 amide bonds. The van der Waals surface area contributed by atoms with Crippen molar-refractivity contribution < 1.29 is 9.53 Å². The molecule has 0 bridgehead atoms. The molecule has 0 saturated carbocycles. The lowest BCUT2D eigenvalue weighted by molar-refractivity contribution is -0.121. The van der Waals surface area contributed by atoms with Crippen LogP contribution < -0.4 is 5.32 Å². The molecule has 2 aromatic carbocycles. The summed E-state index contributed by atoms with van der Waals surface area (Å²) in [4.78, 5) is 15.0. The van der Waals surface area contributed by atoms with Crippen LogP contribution in [0.25, 0.3) is 22.2 Å². The summed E-state index contributed by atoms with van der Waals surface area (Å²) in [5.41, 5.74) is 3.29. The van der Waals surface area contributed by atoms with Crippen molar-refractivity contribution in [2.75, 3.05) is 39.4 Å². The van der Waals surface area contributed by atoms with E-state index in [2.05, 4.69) is 45.1 Å². The molecule has 0 unspecified atom stereocenters. The number of rotatable bonds is 7. The number of ether oxygens (including phenoxy) is 1. The zero-order valence-corrected chi connectivity index (χ0v) is 16.1. The minimum Gasteiger partial charge on any atom is -0.379 e. The Hall–Kier alpha value is -2.63. The van der Waals surface area contributed by atoms with E-state index in [4.69, 9.17) is 4.74 Å². The number of carbonyl (C=O) groups is 1. The highest BCUT2D eigenvalue weighted by atomic mass is 16.5. The van der Waals surface area contributed by atoms with Gasteiger partial charge in [0.25, 0.3) is 0 Å². The van der Waals surface area contributed by atoms with Crippen LogP contribution in [0.15, 0.2) is 60.7 Å². The second kappa shape index (κ2) is 9.04. The van der Waals surface area contributed by atoms with Crippen molar-refractivity contribution in [2.24, 2.45) is 0 Å². The van der Waals surface area contributed by atoms with Crippen LogP contribution in [0, 0.1) is 0 Å². The SMILES string of the molecule is O=C(Cn1c(-c2ccccc2)cc2ccccc21)NCCCN1CCOCC1. The molecule has 4 rings (SSSR count). The lowest BCUT2D eigenvalue weighted by Crippen LogP contribution is -2.38. The molecule has 0 spiro atoms. The first-order valence-corrected chi connectivity index (χ1v) is 10.0. The average Bonchev–Trinajstić information content (AvgIpc) is 3.11. The topological polar surface area (TPSA) is 46.5 Å². The molecule has 1 fully saturated rings. The van der Waals surface area contributed by atoms with E-state index in [1.54, 1.807) is 0 Å². The quantitative estimate of drug-likeness (QED) is 0.644. The molecule has 5 heteroatoms. The van der Waals surface area contributed by atoms with Gasteiger partial charge in [-0.05, 0) is 30.7 Å². The van der Waals surface area contributed by atoms with Crippen molar-refractivity contribution in [1.29, 1.82) is 0 Å². The Kier molecular flexibility index (Phi) is 6.04. The Balaban J connectivity index is 1.41. The van der Waals surface area contributed by atoms with Gasteiger partial charge in [-0.2, -0.15) is 0 Å². The number of amides is 1. The lowest BCUT2D eigenvalue weighted by Gasteiger charge is -2.26. The van der Waals surface area contributed by atoms with Crippen LogP contribution in [-0.4, -0.2) is 54.8 Å². The molecule has 1 N–H and O–H groups in total. The number of fused-ring (bicyclic) bond motifs is 1. The predicted molar refractivity (Wildman–Crippen MR) is 112 cm³/mol. The summed E-state index contributed by atoms with van der Waals surface area (Å²) in [6.07, 6.45) is 0.962. The number of hydrogen-bond acceptors (Lipinski definition) is 3. The Labute approximate surface area is 165 Å². The molecule has 0 atom stereocenters. The first-order chi connectivity index (χ1) is 13.8. The first-order valence-electron chi connectivity index (χ1n) is 10.0. The molecule has 0 radical (unpaired) electrons. The maximum atomic E-state index is 12.6. The van der Waals surface area contributed by atoms with Gasteiger partial charge in [0.15, 0.2) is 0 Å². The summed E-state index contributed by atoms with van der Waals surface area (Å²) in [5.74, 6) is 0.0560. The highest BCUT2D eigenvalue weighted by Crippen LogP contribution is 2.28. The number of nitrogens with one attached hydrogen (secondary N) is 1. The van der Waals surface area contributed by atoms with Crippen molar-refractivity contribution >= 4 is 16.8 Å². The maximum Gasteiger partial charge on any atom is 0.239 e. The summed E-state index contributed by atoms with van der Waals surface area (Å²) < 4.78 is 7.48. The molecular weight excluding hydrogens is 350 g/mol. The standard InChI is InChI=1S/C23H27N3O2/c27-23(24-11-6-12-25-13-15-28-16-14-25)18-26-21-10-5-4-9-20(21)17-22(26)19-7-2-1-3-8-19/h1-5,7-10,17H,6,11-16,18H2,(H,24,27). The van der Waals surface area contributed by atoms with Crippen LogP contribution in [0.1, 0.15) is 6.42 Å². The van der Waals surface area contributed by atoms with Gasteiger partial charge in [0.1, 0.15) is 6.54 Å². The van der Waals surface area contributed by atoms with Crippen LogP contribution in [0.3, 0.4) is 0 Å². The average molecular weight is 377 g/mol. The zero-order chi connectivity index (χ0) is 19.2. The second-order valence-corrected chi connectivity index (χ2v) is 7.20. The fourth-order valence-electron chi connectivity index (χ4n) is 3.78. The van der Waals surface area contributed by atoms with Crippen molar-refractivity contribution in [3.05, 3.63) is 60.7 Å². The molecule has 0 aliphatic carbocycles. The van der Waals surface area contributed by atoms with Crippen LogP contribution in [0.2, 0.25) is 0 Å². The van der Waals surface area contributed by atoms with E-state index in [-0.39, 0.29) is 5.91 Å². The van der Waals surface area contributed by atoms with Crippen LogP contribution in [0.5, 0.6) is 0 Å².